The lowest BCUT2D eigenvalue weighted by Gasteiger charge is -2.15. The fourth-order valence-corrected chi connectivity index (χ4v) is 2.44. The second-order valence-electron chi connectivity index (χ2n) is 5.70. The number of benzene rings is 2. The molecular weight excluding hydrogens is 300 g/mol. The van der Waals surface area contributed by atoms with Crippen molar-refractivity contribution in [1.29, 1.82) is 0 Å². The lowest BCUT2D eigenvalue weighted by molar-refractivity contribution is -0.120. The molecular formula is C20H26N2O2. The number of anilines is 1. The molecule has 0 saturated carbocycles. The Morgan fingerprint density at radius 1 is 1.04 bits per heavy atom. The Hall–Kier alpha value is -2.49. The fraction of sp³-hybridized carbons (Fsp3) is 0.350. The van der Waals surface area contributed by atoms with Crippen LogP contribution in [0.4, 0.5) is 5.69 Å². The highest BCUT2D eigenvalue weighted by atomic mass is 16.5. The smallest absolute Gasteiger partial charge is 0.239 e. The first-order valence-electron chi connectivity index (χ1n) is 8.47. The maximum absolute atomic E-state index is 12.1. The predicted molar refractivity (Wildman–Crippen MR) is 98.5 cm³/mol. The normalized spacial score (nSPS) is 11.6. The molecule has 2 aromatic carbocycles. The van der Waals surface area contributed by atoms with Crippen molar-refractivity contribution in [2.45, 2.75) is 33.2 Å². The maximum atomic E-state index is 12.1. The molecule has 1 amide bonds. The quantitative estimate of drug-likeness (QED) is 0.772. The van der Waals surface area contributed by atoms with Crippen LogP contribution in [0.15, 0.2) is 48.5 Å². The predicted octanol–water partition coefficient (Wildman–Crippen LogP) is 3.94. The summed E-state index contributed by atoms with van der Waals surface area (Å²) in [6.07, 6.45) is 1.02. The van der Waals surface area contributed by atoms with Crippen molar-refractivity contribution in [1.82, 2.24) is 5.32 Å². The Morgan fingerprint density at radius 3 is 2.29 bits per heavy atom. The molecule has 4 nitrogen and oxygen atoms in total. The van der Waals surface area contributed by atoms with Gasteiger partial charge in [0.15, 0.2) is 0 Å². The van der Waals surface area contributed by atoms with Crippen molar-refractivity contribution in [3.63, 3.8) is 0 Å². The summed E-state index contributed by atoms with van der Waals surface area (Å²) in [5, 5.41) is 6.13. The molecule has 1 atom stereocenters. The molecule has 2 aromatic rings. The monoisotopic (exact) mass is 326 g/mol. The molecule has 2 rings (SSSR count). The molecule has 24 heavy (non-hydrogen) atoms. The lowest BCUT2D eigenvalue weighted by atomic mass is 10.1. The fourth-order valence-electron chi connectivity index (χ4n) is 2.44. The highest BCUT2D eigenvalue weighted by molar-refractivity contribution is 5.81. The molecule has 1 unspecified atom stereocenters. The van der Waals surface area contributed by atoms with Crippen molar-refractivity contribution in [3.05, 3.63) is 59.7 Å². The van der Waals surface area contributed by atoms with Gasteiger partial charge in [-0.3, -0.25) is 4.79 Å². The third-order valence-electron chi connectivity index (χ3n) is 3.88. The number of rotatable bonds is 8. The molecule has 0 aliphatic heterocycles. The van der Waals surface area contributed by atoms with Gasteiger partial charge >= 0.3 is 0 Å². The van der Waals surface area contributed by atoms with Crippen LogP contribution in [0.2, 0.25) is 0 Å². The van der Waals surface area contributed by atoms with Gasteiger partial charge in [-0.25, -0.2) is 0 Å². The van der Waals surface area contributed by atoms with E-state index < -0.39 is 0 Å². The van der Waals surface area contributed by atoms with E-state index in [9.17, 15) is 4.79 Å². The second-order valence-corrected chi connectivity index (χ2v) is 5.70. The molecule has 4 heteroatoms. The molecule has 0 saturated heterocycles. The molecule has 0 spiro atoms. The molecule has 0 bridgehead atoms. The SMILES string of the molecule is CCOc1ccc(NCC(=O)NC(C)c2ccc(CC)cc2)cc1. The third kappa shape index (κ3) is 5.30. The molecule has 0 aliphatic carbocycles. The Kier molecular flexibility index (Phi) is 6.67. The first-order chi connectivity index (χ1) is 11.6. The Labute approximate surface area is 144 Å². The van der Waals surface area contributed by atoms with E-state index in [0.29, 0.717) is 6.61 Å². The number of carbonyl (C=O) groups is 1. The Bertz CT molecular complexity index is 636. The number of aryl methyl sites for hydroxylation is 1. The van der Waals surface area contributed by atoms with Gasteiger partial charge in [-0.1, -0.05) is 31.2 Å². The van der Waals surface area contributed by atoms with Crippen molar-refractivity contribution in [2.75, 3.05) is 18.5 Å². The first kappa shape index (κ1) is 17.9. The van der Waals surface area contributed by atoms with E-state index in [1.165, 1.54) is 5.56 Å². The highest BCUT2D eigenvalue weighted by Gasteiger charge is 2.09. The summed E-state index contributed by atoms with van der Waals surface area (Å²) >= 11 is 0. The minimum absolute atomic E-state index is 0.00876. The molecule has 0 fully saturated rings. The van der Waals surface area contributed by atoms with Gasteiger partial charge in [0.25, 0.3) is 0 Å². The van der Waals surface area contributed by atoms with Crippen molar-refractivity contribution in [3.8, 4) is 5.75 Å². The molecule has 0 aliphatic rings. The molecule has 0 heterocycles. The second kappa shape index (κ2) is 8.96. The van der Waals surface area contributed by atoms with Crippen LogP contribution in [0.3, 0.4) is 0 Å². The van der Waals surface area contributed by atoms with Gasteiger partial charge in [0, 0.05) is 5.69 Å². The van der Waals surface area contributed by atoms with E-state index >= 15 is 0 Å². The van der Waals surface area contributed by atoms with Crippen molar-refractivity contribution in [2.24, 2.45) is 0 Å². The summed E-state index contributed by atoms with van der Waals surface area (Å²) in [5.74, 6) is 0.799. The van der Waals surface area contributed by atoms with E-state index in [-0.39, 0.29) is 18.5 Å². The van der Waals surface area contributed by atoms with Crippen LogP contribution in [-0.2, 0) is 11.2 Å². The van der Waals surface area contributed by atoms with Gasteiger partial charge in [0.05, 0.1) is 19.2 Å². The minimum Gasteiger partial charge on any atom is -0.494 e. The van der Waals surface area contributed by atoms with Gasteiger partial charge in [0.1, 0.15) is 5.75 Å². The van der Waals surface area contributed by atoms with Gasteiger partial charge in [0.2, 0.25) is 5.91 Å². The lowest BCUT2D eigenvalue weighted by Crippen LogP contribution is -2.32. The summed E-state index contributed by atoms with van der Waals surface area (Å²) in [4.78, 5) is 12.1. The van der Waals surface area contributed by atoms with Crippen LogP contribution in [-0.4, -0.2) is 19.1 Å². The summed E-state index contributed by atoms with van der Waals surface area (Å²) in [5.41, 5.74) is 3.31. The van der Waals surface area contributed by atoms with E-state index in [2.05, 4.69) is 41.8 Å². The van der Waals surface area contributed by atoms with E-state index in [1.54, 1.807) is 0 Å². The summed E-state index contributed by atoms with van der Waals surface area (Å²) < 4.78 is 5.40. The van der Waals surface area contributed by atoms with E-state index in [4.69, 9.17) is 4.74 Å². The van der Waals surface area contributed by atoms with Crippen LogP contribution >= 0.6 is 0 Å². The van der Waals surface area contributed by atoms with Gasteiger partial charge in [-0.05, 0) is 55.7 Å². The van der Waals surface area contributed by atoms with Crippen LogP contribution < -0.4 is 15.4 Å². The minimum atomic E-state index is -0.0315. The number of hydrogen-bond acceptors (Lipinski definition) is 3. The number of nitrogens with one attached hydrogen (secondary N) is 2. The molecule has 128 valence electrons. The third-order valence-corrected chi connectivity index (χ3v) is 3.88. The van der Waals surface area contributed by atoms with E-state index in [0.717, 1.165) is 23.4 Å². The van der Waals surface area contributed by atoms with Gasteiger partial charge in [-0.15, -0.1) is 0 Å². The zero-order chi connectivity index (χ0) is 17.4. The van der Waals surface area contributed by atoms with Crippen LogP contribution in [0.5, 0.6) is 5.75 Å². The number of carbonyl (C=O) groups excluding carboxylic acids is 1. The molecule has 0 aromatic heterocycles. The van der Waals surface area contributed by atoms with Crippen LogP contribution in [0, 0.1) is 0 Å². The number of amides is 1. The van der Waals surface area contributed by atoms with Crippen LogP contribution in [0.1, 0.15) is 37.9 Å². The number of hydrogen-bond donors (Lipinski definition) is 2. The number of ether oxygens (including phenoxy) is 1. The standard InChI is InChI=1S/C20H26N2O2/c1-4-16-6-8-17(9-7-16)15(3)22-20(23)14-21-18-10-12-19(13-11-18)24-5-2/h6-13,15,21H,4-5,14H2,1-3H3,(H,22,23). The average molecular weight is 326 g/mol. The summed E-state index contributed by atoms with van der Waals surface area (Å²) in [6.45, 7) is 6.97. The Balaban J connectivity index is 1.81. The molecule has 0 radical (unpaired) electrons. The zero-order valence-electron chi connectivity index (χ0n) is 14.6. The largest absolute Gasteiger partial charge is 0.494 e. The first-order valence-corrected chi connectivity index (χ1v) is 8.47. The zero-order valence-corrected chi connectivity index (χ0v) is 14.6. The highest BCUT2D eigenvalue weighted by Crippen LogP contribution is 2.16. The van der Waals surface area contributed by atoms with E-state index in [1.807, 2.05) is 38.1 Å². The molecule has 2 N–H and O–H groups in total. The van der Waals surface area contributed by atoms with Crippen LogP contribution in [0.25, 0.3) is 0 Å². The topological polar surface area (TPSA) is 50.4 Å². The average Bonchev–Trinajstić information content (AvgIpc) is 2.61. The van der Waals surface area contributed by atoms with Gasteiger partial charge in [-0.2, -0.15) is 0 Å². The van der Waals surface area contributed by atoms with Gasteiger partial charge < -0.3 is 15.4 Å². The Morgan fingerprint density at radius 2 is 1.71 bits per heavy atom. The summed E-state index contributed by atoms with van der Waals surface area (Å²) in [7, 11) is 0. The summed E-state index contributed by atoms with van der Waals surface area (Å²) in [6, 6.07) is 15.9. The maximum Gasteiger partial charge on any atom is 0.239 e. The van der Waals surface area contributed by atoms with Crippen molar-refractivity contribution < 1.29 is 9.53 Å². The van der Waals surface area contributed by atoms with Crippen molar-refractivity contribution >= 4 is 11.6 Å².